The van der Waals surface area contributed by atoms with Crippen LogP contribution in [0.4, 0.5) is 0 Å². The lowest BCUT2D eigenvalue weighted by molar-refractivity contribution is -0.127. The Morgan fingerprint density at radius 3 is 2.15 bits per heavy atom. The molecule has 0 heterocycles. The molecule has 0 unspecified atom stereocenters. The number of rotatable bonds is 3. The van der Waals surface area contributed by atoms with Gasteiger partial charge in [0.25, 0.3) is 0 Å². The van der Waals surface area contributed by atoms with Gasteiger partial charge in [0.05, 0.1) is 0 Å². The molecule has 1 saturated carbocycles. The van der Waals surface area contributed by atoms with Gasteiger partial charge in [-0.2, -0.15) is 0 Å². The van der Waals surface area contributed by atoms with E-state index < -0.39 is 0 Å². The van der Waals surface area contributed by atoms with Crippen molar-refractivity contribution in [2.24, 2.45) is 17.8 Å². The summed E-state index contributed by atoms with van der Waals surface area (Å²) in [5, 5.41) is 0. The zero-order valence-corrected chi connectivity index (χ0v) is 8.45. The summed E-state index contributed by atoms with van der Waals surface area (Å²) in [6.07, 6.45) is 4.69. The third kappa shape index (κ3) is 2.64. The highest BCUT2D eigenvalue weighted by molar-refractivity contribution is 5.82. The van der Waals surface area contributed by atoms with Crippen LogP contribution in [0.5, 0.6) is 0 Å². The quantitative estimate of drug-likeness (QED) is 0.627. The van der Waals surface area contributed by atoms with Gasteiger partial charge in [0.2, 0.25) is 0 Å². The monoisotopic (exact) mass is 182 g/mol. The van der Waals surface area contributed by atoms with Crippen molar-refractivity contribution in [3.05, 3.63) is 0 Å². The molecule has 0 radical (unpaired) electrons. The lowest BCUT2D eigenvalue weighted by Gasteiger charge is -2.25. The fourth-order valence-corrected chi connectivity index (χ4v) is 2.01. The highest BCUT2D eigenvalue weighted by Crippen LogP contribution is 2.29. The van der Waals surface area contributed by atoms with Crippen LogP contribution >= 0.6 is 0 Å². The Morgan fingerprint density at radius 1 is 1.23 bits per heavy atom. The van der Waals surface area contributed by atoms with E-state index in [4.69, 9.17) is 0 Å². The van der Waals surface area contributed by atoms with Crippen molar-refractivity contribution in [2.75, 3.05) is 0 Å². The normalized spacial score (nSPS) is 28.8. The molecule has 2 heteroatoms. The number of ketones is 1. The first kappa shape index (κ1) is 10.4. The summed E-state index contributed by atoms with van der Waals surface area (Å²) in [4.78, 5) is 22.1. The molecule has 13 heavy (non-hydrogen) atoms. The Morgan fingerprint density at radius 2 is 1.77 bits per heavy atom. The van der Waals surface area contributed by atoms with Crippen molar-refractivity contribution in [3.63, 3.8) is 0 Å². The second kappa shape index (κ2) is 4.54. The standard InChI is InChI=1S/C11H18O2/c1-8(2)11(13)10-5-3-9(7-12)4-6-10/h7-10H,3-6H2,1-2H3. The molecule has 0 spiro atoms. The second-order valence-electron chi connectivity index (χ2n) is 4.30. The van der Waals surface area contributed by atoms with Gasteiger partial charge in [0.1, 0.15) is 12.1 Å². The van der Waals surface area contributed by atoms with E-state index in [1.54, 1.807) is 0 Å². The number of hydrogen-bond acceptors (Lipinski definition) is 2. The molecule has 1 fully saturated rings. The molecule has 1 aliphatic carbocycles. The predicted molar refractivity (Wildman–Crippen MR) is 51.4 cm³/mol. The fraction of sp³-hybridized carbons (Fsp3) is 0.818. The van der Waals surface area contributed by atoms with Gasteiger partial charge >= 0.3 is 0 Å². The number of aldehydes is 1. The zero-order chi connectivity index (χ0) is 9.84. The highest BCUT2D eigenvalue weighted by Gasteiger charge is 2.26. The molecule has 0 N–H and O–H groups in total. The van der Waals surface area contributed by atoms with E-state index in [0.717, 1.165) is 32.0 Å². The average Bonchev–Trinajstić information content (AvgIpc) is 2.17. The third-order valence-electron chi connectivity index (χ3n) is 2.94. The Kier molecular flexibility index (Phi) is 3.64. The molecule has 1 aliphatic rings. The average molecular weight is 182 g/mol. The SMILES string of the molecule is CC(C)C(=O)C1CCC(C=O)CC1. The van der Waals surface area contributed by atoms with E-state index in [-0.39, 0.29) is 17.8 Å². The summed E-state index contributed by atoms with van der Waals surface area (Å²) in [6.45, 7) is 3.91. The van der Waals surface area contributed by atoms with Gasteiger partial charge < -0.3 is 4.79 Å². The Labute approximate surface area is 79.7 Å². The van der Waals surface area contributed by atoms with Crippen LogP contribution in [-0.2, 0) is 9.59 Å². The third-order valence-corrected chi connectivity index (χ3v) is 2.94. The van der Waals surface area contributed by atoms with Crippen LogP contribution < -0.4 is 0 Å². The predicted octanol–water partition coefficient (Wildman–Crippen LogP) is 2.22. The van der Waals surface area contributed by atoms with Crippen molar-refractivity contribution < 1.29 is 9.59 Å². The minimum absolute atomic E-state index is 0.151. The number of Topliss-reactive ketones (excluding diaryl/α,β-unsaturated/α-hetero) is 1. The molecule has 1 rings (SSSR count). The van der Waals surface area contributed by atoms with Crippen molar-refractivity contribution in [1.29, 1.82) is 0 Å². The molecule has 74 valence electrons. The van der Waals surface area contributed by atoms with E-state index in [9.17, 15) is 9.59 Å². The highest BCUT2D eigenvalue weighted by atomic mass is 16.1. The molecule has 0 amide bonds. The summed E-state index contributed by atoms with van der Waals surface area (Å²) in [7, 11) is 0. The van der Waals surface area contributed by atoms with Crippen molar-refractivity contribution in [1.82, 2.24) is 0 Å². The maximum Gasteiger partial charge on any atom is 0.138 e. The van der Waals surface area contributed by atoms with Crippen LogP contribution in [0.1, 0.15) is 39.5 Å². The van der Waals surface area contributed by atoms with Gasteiger partial charge in [-0.05, 0) is 25.7 Å². The van der Waals surface area contributed by atoms with E-state index >= 15 is 0 Å². The van der Waals surface area contributed by atoms with Crippen LogP contribution in [0.15, 0.2) is 0 Å². The molecule has 0 aromatic heterocycles. The van der Waals surface area contributed by atoms with Gasteiger partial charge in [0.15, 0.2) is 0 Å². The minimum atomic E-state index is 0.151. The smallest absolute Gasteiger partial charge is 0.138 e. The summed E-state index contributed by atoms with van der Waals surface area (Å²) in [6, 6.07) is 0. The molecule has 2 nitrogen and oxygen atoms in total. The first-order valence-electron chi connectivity index (χ1n) is 5.14. The second-order valence-corrected chi connectivity index (χ2v) is 4.30. The summed E-state index contributed by atoms with van der Waals surface area (Å²) >= 11 is 0. The van der Waals surface area contributed by atoms with Crippen LogP contribution in [0.2, 0.25) is 0 Å². The fourth-order valence-electron chi connectivity index (χ4n) is 2.01. The van der Waals surface area contributed by atoms with Crippen LogP contribution in [0.25, 0.3) is 0 Å². The van der Waals surface area contributed by atoms with E-state index in [1.165, 1.54) is 0 Å². The topological polar surface area (TPSA) is 34.1 Å². The molecule has 0 bridgehead atoms. The minimum Gasteiger partial charge on any atom is -0.303 e. The Hall–Kier alpha value is -0.660. The van der Waals surface area contributed by atoms with Crippen LogP contribution in [0, 0.1) is 17.8 Å². The van der Waals surface area contributed by atoms with Crippen LogP contribution in [-0.4, -0.2) is 12.1 Å². The lowest BCUT2D eigenvalue weighted by atomic mass is 9.78. The Bertz CT molecular complexity index is 188. The number of carbonyl (C=O) groups is 2. The first-order chi connectivity index (χ1) is 6.15. The van der Waals surface area contributed by atoms with Gasteiger partial charge in [-0.25, -0.2) is 0 Å². The van der Waals surface area contributed by atoms with Gasteiger partial charge in [-0.15, -0.1) is 0 Å². The van der Waals surface area contributed by atoms with E-state index in [1.807, 2.05) is 13.8 Å². The maximum atomic E-state index is 11.6. The summed E-state index contributed by atoms with van der Waals surface area (Å²) < 4.78 is 0. The van der Waals surface area contributed by atoms with Crippen molar-refractivity contribution in [3.8, 4) is 0 Å². The van der Waals surface area contributed by atoms with E-state index in [0.29, 0.717) is 5.78 Å². The Balaban J connectivity index is 2.40. The molecule has 0 aromatic carbocycles. The molecular formula is C11H18O2. The van der Waals surface area contributed by atoms with Crippen LogP contribution in [0.3, 0.4) is 0 Å². The maximum absolute atomic E-state index is 11.6. The summed E-state index contributed by atoms with van der Waals surface area (Å²) in [5.41, 5.74) is 0. The number of carbonyl (C=O) groups excluding carboxylic acids is 2. The molecular weight excluding hydrogens is 164 g/mol. The van der Waals surface area contributed by atoms with Gasteiger partial charge in [0, 0.05) is 17.8 Å². The lowest BCUT2D eigenvalue weighted by Crippen LogP contribution is -2.25. The van der Waals surface area contributed by atoms with Crippen molar-refractivity contribution in [2.45, 2.75) is 39.5 Å². The first-order valence-corrected chi connectivity index (χ1v) is 5.14. The largest absolute Gasteiger partial charge is 0.303 e. The van der Waals surface area contributed by atoms with E-state index in [2.05, 4.69) is 0 Å². The van der Waals surface area contributed by atoms with Crippen molar-refractivity contribution >= 4 is 12.1 Å². The van der Waals surface area contributed by atoms with Gasteiger partial charge in [-0.1, -0.05) is 13.8 Å². The molecule has 0 atom stereocenters. The van der Waals surface area contributed by atoms with Gasteiger partial charge in [-0.3, -0.25) is 4.79 Å². The zero-order valence-electron chi connectivity index (χ0n) is 8.45. The molecule has 0 aromatic rings. The number of hydrogen-bond donors (Lipinski definition) is 0. The molecule has 0 aliphatic heterocycles. The summed E-state index contributed by atoms with van der Waals surface area (Å²) in [5.74, 6) is 0.981. The molecule has 0 saturated heterocycles.